The first-order chi connectivity index (χ1) is 11.1. The zero-order valence-electron chi connectivity index (χ0n) is 12.5. The lowest BCUT2D eigenvalue weighted by molar-refractivity contribution is 0.0729. The van der Waals surface area contributed by atoms with Crippen molar-refractivity contribution in [3.63, 3.8) is 0 Å². The number of benzene rings is 2. The van der Waals surface area contributed by atoms with E-state index < -0.39 is 5.91 Å². The van der Waals surface area contributed by atoms with Crippen molar-refractivity contribution in [3.8, 4) is 0 Å². The number of carbonyl (C=O) groups is 2. The number of hydrogen-bond acceptors (Lipinski definition) is 2. The molecule has 0 bridgehead atoms. The van der Waals surface area contributed by atoms with Crippen LogP contribution >= 0.6 is 11.6 Å². The van der Waals surface area contributed by atoms with Crippen molar-refractivity contribution in [1.29, 1.82) is 0 Å². The predicted molar refractivity (Wildman–Crippen MR) is 89.3 cm³/mol. The zero-order valence-corrected chi connectivity index (χ0v) is 13.3. The van der Waals surface area contributed by atoms with Crippen molar-refractivity contribution < 1.29 is 9.59 Å². The Kier molecular flexibility index (Phi) is 4.35. The first-order valence-electron chi connectivity index (χ1n) is 7.50. The van der Waals surface area contributed by atoms with Gasteiger partial charge in [-0.05, 0) is 42.7 Å². The molecule has 0 unspecified atom stereocenters. The Morgan fingerprint density at radius 1 is 1.09 bits per heavy atom. The molecule has 3 rings (SSSR count). The van der Waals surface area contributed by atoms with Crippen molar-refractivity contribution in [3.05, 3.63) is 70.2 Å². The first kappa shape index (κ1) is 15.6. The monoisotopic (exact) mass is 328 g/mol. The highest BCUT2D eigenvalue weighted by Gasteiger charge is 2.33. The number of carbonyl (C=O) groups excluding carboxylic acids is 2. The van der Waals surface area contributed by atoms with Crippen molar-refractivity contribution in [2.75, 3.05) is 0 Å². The number of nitrogens with zero attached hydrogens (tertiary/aromatic N) is 1. The van der Waals surface area contributed by atoms with Gasteiger partial charge in [0.2, 0.25) is 5.91 Å². The molecule has 1 saturated carbocycles. The standard InChI is InChI=1S/C18H17ClN2O2/c19-16-4-2-1-3-15(16)18(23)21(14-9-10-14)11-12-5-7-13(8-6-12)17(20)22/h1-8,14H,9-11H2,(H2,20,22). The Morgan fingerprint density at radius 2 is 1.74 bits per heavy atom. The molecule has 2 aromatic carbocycles. The van der Waals surface area contributed by atoms with Crippen LogP contribution in [-0.4, -0.2) is 22.8 Å². The van der Waals surface area contributed by atoms with Crippen LogP contribution in [0.1, 0.15) is 39.1 Å². The molecule has 0 spiro atoms. The molecule has 0 heterocycles. The molecule has 5 heteroatoms. The largest absolute Gasteiger partial charge is 0.366 e. The normalized spacial score (nSPS) is 13.6. The van der Waals surface area contributed by atoms with Crippen molar-refractivity contribution in [2.45, 2.75) is 25.4 Å². The molecule has 0 aliphatic heterocycles. The van der Waals surface area contributed by atoms with Gasteiger partial charge < -0.3 is 10.6 Å². The van der Waals surface area contributed by atoms with E-state index in [4.69, 9.17) is 17.3 Å². The molecule has 4 nitrogen and oxygen atoms in total. The van der Waals surface area contributed by atoms with Crippen LogP contribution in [-0.2, 0) is 6.54 Å². The third kappa shape index (κ3) is 3.54. The number of amides is 2. The second-order valence-corrected chi connectivity index (χ2v) is 6.11. The Morgan fingerprint density at radius 3 is 2.30 bits per heavy atom. The molecule has 0 aromatic heterocycles. The lowest BCUT2D eigenvalue weighted by atomic mass is 10.1. The zero-order chi connectivity index (χ0) is 16.4. The van der Waals surface area contributed by atoms with E-state index in [9.17, 15) is 9.59 Å². The molecule has 1 aliphatic carbocycles. The van der Waals surface area contributed by atoms with Crippen LogP contribution in [0, 0.1) is 0 Å². The fourth-order valence-corrected chi connectivity index (χ4v) is 2.73. The molecule has 2 amide bonds. The summed E-state index contributed by atoms with van der Waals surface area (Å²) in [5, 5.41) is 0.465. The smallest absolute Gasteiger partial charge is 0.255 e. The fraction of sp³-hybridized carbons (Fsp3) is 0.222. The summed E-state index contributed by atoms with van der Waals surface area (Å²) in [7, 11) is 0. The lowest BCUT2D eigenvalue weighted by Crippen LogP contribution is -2.32. The molecular weight excluding hydrogens is 312 g/mol. The Balaban J connectivity index is 1.81. The van der Waals surface area contributed by atoms with Crippen LogP contribution in [0.25, 0.3) is 0 Å². The van der Waals surface area contributed by atoms with E-state index in [2.05, 4.69) is 0 Å². The van der Waals surface area contributed by atoms with Gasteiger partial charge in [0.05, 0.1) is 10.6 Å². The minimum Gasteiger partial charge on any atom is -0.366 e. The summed E-state index contributed by atoms with van der Waals surface area (Å²) >= 11 is 6.15. The highest BCUT2D eigenvalue weighted by molar-refractivity contribution is 6.33. The maximum absolute atomic E-state index is 12.8. The van der Waals surface area contributed by atoms with E-state index in [1.165, 1.54) is 0 Å². The molecule has 0 atom stereocenters. The second kappa shape index (κ2) is 6.42. The molecule has 118 valence electrons. The van der Waals surface area contributed by atoms with Gasteiger partial charge in [0, 0.05) is 18.2 Å². The first-order valence-corrected chi connectivity index (χ1v) is 7.88. The highest BCUT2D eigenvalue weighted by Crippen LogP contribution is 2.31. The van der Waals surface area contributed by atoms with Crippen LogP contribution in [0.4, 0.5) is 0 Å². The van der Waals surface area contributed by atoms with Gasteiger partial charge in [-0.2, -0.15) is 0 Å². The van der Waals surface area contributed by atoms with Crippen molar-refractivity contribution in [1.82, 2.24) is 4.90 Å². The van der Waals surface area contributed by atoms with E-state index in [0.717, 1.165) is 18.4 Å². The Bertz CT molecular complexity index is 739. The van der Waals surface area contributed by atoms with Gasteiger partial charge in [0.1, 0.15) is 0 Å². The van der Waals surface area contributed by atoms with Crippen LogP contribution in [0.15, 0.2) is 48.5 Å². The molecule has 2 N–H and O–H groups in total. The number of primary amides is 1. The molecule has 2 aromatic rings. The molecule has 1 aliphatic rings. The minimum absolute atomic E-state index is 0.0583. The van der Waals surface area contributed by atoms with Gasteiger partial charge in [-0.1, -0.05) is 35.9 Å². The highest BCUT2D eigenvalue weighted by atomic mass is 35.5. The number of halogens is 1. The van der Waals surface area contributed by atoms with Gasteiger partial charge in [-0.15, -0.1) is 0 Å². The van der Waals surface area contributed by atoms with Gasteiger partial charge in [-0.25, -0.2) is 0 Å². The second-order valence-electron chi connectivity index (χ2n) is 5.71. The summed E-state index contributed by atoms with van der Waals surface area (Å²) in [5.74, 6) is -0.514. The molecule has 23 heavy (non-hydrogen) atoms. The van der Waals surface area contributed by atoms with Gasteiger partial charge >= 0.3 is 0 Å². The molecular formula is C18H17ClN2O2. The maximum Gasteiger partial charge on any atom is 0.255 e. The quantitative estimate of drug-likeness (QED) is 0.915. The van der Waals surface area contributed by atoms with Gasteiger partial charge in [-0.3, -0.25) is 9.59 Å². The molecule has 1 fully saturated rings. The van der Waals surface area contributed by atoms with E-state index in [0.29, 0.717) is 22.7 Å². The number of rotatable bonds is 5. The van der Waals surface area contributed by atoms with E-state index in [-0.39, 0.29) is 11.9 Å². The summed E-state index contributed by atoms with van der Waals surface area (Å²) in [6.45, 7) is 0.494. The maximum atomic E-state index is 12.8. The SMILES string of the molecule is NC(=O)c1ccc(CN(C(=O)c2ccccc2Cl)C2CC2)cc1. The molecule has 0 radical (unpaired) electrons. The average molecular weight is 329 g/mol. The molecule has 0 saturated heterocycles. The van der Waals surface area contributed by atoms with Crippen LogP contribution < -0.4 is 5.73 Å². The third-order valence-electron chi connectivity index (χ3n) is 3.94. The van der Waals surface area contributed by atoms with E-state index in [1.54, 1.807) is 24.3 Å². The topological polar surface area (TPSA) is 63.4 Å². The summed E-state index contributed by atoms with van der Waals surface area (Å²) < 4.78 is 0. The van der Waals surface area contributed by atoms with Crippen molar-refractivity contribution >= 4 is 23.4 Å². The summed E-state index contributed by atoms with van der Waals surface area (Å²) in [6.07, 6.45) is 2.02. The summed E-state index contributed by atoms with van der Waals surface area (Å²) in [4.78, 5) is 25.8. The third-order valence-corrected chi connectivity index (χ3v) is 4.27. The lowest BCUT2D eigenvalue weighted by Gasteiger charge is -2.23. The van der Waals surface area contributed by atoms with Crippen LogP contribution in [0.3, 0.4) is 0 Å². The van der Waals surface area contributed by atoms with E-state index >= 15 is 0 Å². The Hall–Kier alpha value is -2.33. The fourth-order valence-electron chi connectivity index (χ4n) is 2.51. The minimum atomic E-state index is -0.456. The van der Waals surface area contributed by atoms with Gasteiger partial charge in [0.15, 0.2) is 0 Å². The summed E-state index contributed by atoms with van der Waals surface area (Å²) in [6, 6.07) is 14.4. The van der Waals surface area contributed by atoms with Gasteiger partial charge in [0.25, 0.3) is 5.91 Å². The van der Waals surface area contributed by atoms with Crippen LogP contribution in [0.5, 0.6) is 0 Å². The average Bonchev–Trinajstić information content (AvgIpc) is 3.37. The Labute approximate surface area is 139 Å². The van der Waals surface area contributed by atoms with E-state index in [1.807, 2.05) is 29.2 Å². The van der Waals surface area contributed by atoms with Crippen molar-refractivity contribution in [2.24, 2.45) is 5.73 Å². The summed E-state index contributed by atoms with van der Waals surface area (Å²) in [5.41, 5.74) is 7.19. The number of hydrogen-bond donors (Lipinski definition) is 1. The van der Waals surface area contributed by atoms with Crippen LogP contribution in [0.2, 0.25) is 5.02 Å². The predicted octanol–water partition coefficient (Wildman–Crippen LogP) is 3.24. The number of nitrogens with two attached hydrogens (primary N) is 1.